The minimum Gasteiger partial charge on any atom is -0.466 e. The first kappa shape index (κ1) is 13.6. The zero-order chi connectivity index (χ0) is 13.7. The molecule has 1 aromatic rings. The molecule has 0 fully saturated rings. The van der Waals surface area contributed by atoms with E-state index < -0.39 is 0 Å². The molecule has 0 saturated carbocycles. The van der Waals surface area contributed by atoms with Crippen LogP contribution < -0.4 is 0 Å². The van der Waals surface area contributed by atoms with Crippen LogP contribution in [0, 0.1) is 5.92 Å². The molecule has 0 spiro atoms. The molecule has 2 nitrogen and oxygen atoms in total. The summed E-state index contributed by atoms with van der Waals surface area (Å²) in [5, 5.41) is 0. The van der Waals surface area contributed by atoms with Gasteiger partial charge in [0.2, 0.25) is 0 Å². The smallest absolute Gasteiger partial charge is 0.309 e. The Bertz CT molecular complexity index is 497. The highest BCUT2D eigenvalue weighted by molar-refractivity contribution is 5.75. The molecule has 0 aromatic heterocycles. The summed E-state index contributed by atoms with van der Waals surface area (Å²) in [6.45, 7) is 4.41. The third kappa shape index (κ3) is 3.57. The molecule has 1 aliphatic carbocycles. The van der Waals surface area contributed by atoms with Gasteiger partial charge in [0.15, 0.2) is 0 Å². The van der Waals surface area contributed by atoms with Gasteiger partial charge in [-0.15, -0.1) is 0 Å². The van der Waals surface area contributed by atoms with Crippen molar-refractivity contribution in [1.29, 1.82) is 0 Å². The van der Waals surface area contributed by atoms with E-state index in [4.69, 9.17) is 4.74 Å². The first-order chi connectivity index (χ1) is 9.20. The molecule has 1 aromatic carbocycles. The van der Waals surface area contributed by atoms with Crippen LogP contribution in [-0.2, 0) is 9.53 Å². The molecule has 0 radical (unpaired) electrons. The summed E-state index contributed by atoms with van der Waals surface area (Å²) in [6.07, 6.45) is 5.87. The van der Waals surface area contributed by atoms with Gasteiger partial charge in [-0.2, -0.15) is 0 Å². The summed E-state index contributed by atoms with van der Waals surface area (Å²) in [5.41, 5.74) is 3.68. The number of hydrogen-bond donors (Lipinski definition) is 0. The van der Waals surface area contributed by atoms with Gasteiger partial charge in [0.1, 0.15) is 0 Å². The summed E-state index contributed by atoms with van der Waals surface area (Å²) < 4.78 is 5.12. The molecular formula is C17H20O2. The molecule has 2 rings (SSSR count). The van der Waals surface area contributed by atoms with E-state index in [0.717, 1.165) is 12.8 Å². The minimum atomic E-state index is -0.0785. The van der Waals surface area contributed by atoms with E-state index in [2.05, 4.69) is 31.2 Å². The van der Waals surface area contributed by atoms with Crippen LogP contribution in [-0.4, -0.2) is 12.6 Å². The van der Waals surface area contributed by atoms with E-state index in [1.807, 2.05) is 25.1 Å². The lowest BCUT2D eigenvalue weighted by Gasteiger charge is -2.21. The molecule has 100 valence electrons. The fourth-order valence-corrected chi connectivity index (χ4v) is 2.32. The minimum absolute atomic E-state index is 0.0291. The Morgan fingerprint density at radius 1 is 1.37 bits per heavy atom. The van der Waals surface area contributed by atoms with Crippen LogP contribution in [0.3, 0.4) is 0 Å². The second-order valence-corrected chi connectivity index (χ2v) is 4.86. The van der Waals surface area contributed by atoms with E-state index in [0.29, 0.717) is 6.61 Å². The van der Waals surface area contributed by atoms with Gasteiger partial charge in [0.25, 0.3) is 0 Å². The standard InChI is InChI=1S/C17H20O2/c1-3-19-17(18)15-10-9-13(2)16(12-15)11-14-7-5-4-6-8-14/h4-9,11,15H,3,10,12H2,1-2H3/b16-11+. The van der Waals surface area contributed by atoms with Crippen molar-refractivity contribution in [3.63, 3.8) is 0 Å². The molecule has 1 aliphatic rings. The number of ether oxygens (including phenoxy) is 1. The molecule has 19 heavy (non-hydrogen) atoms. The quantitative estimate of drug-likeness (QED) is 0.764. The zero-order valence-corrected chi connectivity index (χ0v) is 11.6. The fraction of sp³-hybridized carbons (Fsp3) is 0.353. The van der Waals surface area contributed by atoms with E-state index in [9.17, 15) is 4.79 Å². The van der Waals surface area contributed by atoms with Gasteiger partial charge in [0, 0.05) is 0 Å². The van der Waals surface area contributed by atoms with Gasteiger partial charge in [-0.05, 0) is 37.8 Å². The van der Waals surface area contributed by atoms with Crippen LogP contribution in [0.25, 0.3) is 6.08 Å². The predicted octanol–water partition coefficient (Wildman–Crippen LogP) is 3.99. The van der Waals surface area contributed by atoms with Gasteiger partial charge in [0.05, 0.1) is 12.5 Å². The number of hydrogen-bond acceptors (Lipinski definition) is 2. The number of carbonyl (C=O) groups excluding carboxylic acids is 1. The topological polar surface area (TPSA) is 26.3 Å². The summed E-state index contributed by atoms with van der Waals surface area (Å²) >= 11 is 0. The molecule has 0 bridgehead atoms. The lowest BCUT2D eigenvalue weighted by Crippen LogP contribution is -2.20. The van der Waals surface area contributed by atoms with E-state index in [1.165, 1.54) is 16.7 Å². The lowest BCUT2D eigenvalue weighted by molar-refractivity contribution is -0.147. The van der Waals surface area contributed by atoms with Gasteiger partial charge in [-0.3, -0.25) is 4.79 Å². The Labute approximate surface area is 114 Å². The van der Waals surface area contributed by atoms with Gasteiger partial charge in [-0.25, -0.2) is 0 Å². The van der Waals surface area contributed by atoms with Crippen LogP contribution in [0.15, 0.2) is 47.6 Å². The van der Waals surface area contributed by atoms with Crippen molar-refractivity contribution in [2.24, 2.45) is 5.92 Å². The molecule has 0 heterocycles. The highest BCUT2D eigenvalue weighted by atomic mass is 16.5. The van der Waals surface area contributed by atoms with Crippen LogP contribution >= 0.6 is 0 Å². The van der Waals surface area contributed by atoms with Crippen molar-refractivity contribution in [3.8, 4) is 0 Å². The maximum atomic E-state index is 11.8. The molecule has 0 amide bonds. The summed E-state index contributed by atoms with van der Waals surface area (Å²) in [6, 6.07) is 10.2. The molecule has 1 unspecified atom stereocenters. The normalized spacial score (nSPS) is 21.1. The number of carbonyl (C=O) groups is 1. The first-order valence-corrected chi connectivity index (χ1v) is 6.80. The number of rotatable bonds is 3. The molecule has 0 N–H and O–H groups in total. The van der Waals surface area contributed by atoms with Crippen LogP contribution in [0.1, 0.15) is 32.3 Å². The van der Waals surface area contributed by atoms with Crippen molar-refractivity contribution < 1.29 is 9.53 Å². The molecule has 2 heteroatoms. The molecular weight excluding hydrogens is 236 g/mol. The second-order valence-electron chi connectivity index (χ2n) is 4.86. The van der Waals surface area contributed by atoms with E-state index in [-0.39, 0.29) is 11.9 Å². The summed E-state index contributed by atoms with van der Waals surface area (Å²) in [7, 11) is 0. The van der Waals surface area contributed by atoms with E-state index >= 15 is 0 Å². The Hall–Kier alpha value is -1.83. The highest BCUT2D eigenvalue weighted by Crippen LogP contribution is 2.30. The van der Waals surface area contributed by atoms with Crippen LogP contribution in [0.5, 0.6) is 0 Å². The number of allylic oxidation sites excluding steroid dienone is 3. The monoisotopic (exact) mass is 256 g/mol. The van der Waals surface area contributed by atoms with Crippen molar-refractivity contribution in [2.45, 2.75) is 26.7 Å². The molecule has 0 aliphatic heterocycles. The molecule has 1 atom stereocenters. The zero-order valence-electron chi connectivity index (χ0n) is 11.6. The summed E-state index contributed by atoms with van der Waals surface area (Å²) in [5.74, 6) is -0.108. The Morgan fingerprint density at radius 3 is 2.79 bits per heavy atom. The van der Waals surface area contributed by atoms with Crippen LogP contribution in [0.4, 0.5) is 0 Å². The van der Waals surface area contributed by atoms with Crippen molar-refractivity contribution >= 4 is 12.0 Å². The Kier molecular flexibility index (Phi) is 4.56. The fourth-order valence-electron chi connectivity index (χ4n) is 2.32. The Balaban J connectivity index is 2.17. The average Bonchev–Trinajstić information content (AvgIpc) is 2.42. The van der Waals surface area contributed by atoms with Crippen LogP contribution in [0.2, 0.25) is 0 Å². The van der Waals surface area contributed by atoms with Crippen molar-refractivity contribution in [2.75, 3.05) is 6.61 Å². The molecule has 0 saturated heterocycles. The predicted molar refractivity (Wildman–Crippen MR) is 77.5 cm³/mol. The van der Waals surface area contributed by atoms with Crippen molar-refractivity contribution in [1.82, 2.24) is 0 Å². The van der Waals surface area contributed by atoms with Gasteiger partial charge < -0.3 is 4.74 Å². The maximum absolute atomic E-state index is 11.8. The van der Waals surface area contributed by atoms with Gasteiger partial charge >= 0.3 is 5.97 Å². The number of benzene rings is 1. The Morgan fingerprint density at radius 2 is 2.11 bits per heavy atom. The lowest BCUT2D eigenvalue weighted by atomic mass is 9.85. The second kappa shape index (κ2) is 6.37. The number of esters is 1. The largest absolute Gasteiger partial charge is 0.466 e. The third-order valence-corrected chi connectivity index (χ3v) is 3.44. The average molecular weight is 256 g/mol. The highest BCUT2D eigenvalue weighted by Gasteiger charge is 2.24. The van der Waals surface area contributed by atoms with Crippen molar-refractivity contribution in [3.05, 3.63) is 53.1 Å². The van der Waals surface area contributed by atoms with E-state index in [1.54, 1.807) is 0 Å². The SMILES string of the molecule is CCOC(=O)C1CC=C(C)/C(=C/c2ccccc2)C1. The first-order valence-electron chi connectivity index (χ1n) is 6.80. The summed E-state index contributed by atoms with van der Waals surface area (Å²) in [4.78, 5) is 11.8. The third-order valence-electron chi connectivity index (χ3n) is 3.44. The van der Waals surface area contributed by atoms with Gasteiger partial charge in [-0.1, -0.05) is 48.1 Å². The maximum Gasteiger partial charge on any atom is 0.309 e.